The first kappa shape index (κ1) is 11.0. The molecule has 0 bridgehead atoms. The second kappa shape index (κ2) is 4.55. The largest absolute Gasteiger partial charge is 0.206 e. The van der Waals surface area contributed by atoms with Crippen molar-refractivity contribution in [1.29, 1.82) is 0 Å². The monoisotopic (exact) mass is 306 g/mol. The lowest BCUT2D eigenvalue weighted by atomic mass is 10.2. The molecule has 0 radical (unpaired) electrons. The Labute approximate surface area is 103 Å². The van der Waals surface area contributed by atoms with E-state index in [0.717, 1.165) is 0 Å². The van der Waals surface area contributed by atoms with Gasteiger partial charge in [0.15, 0.2) is 5.01 Å². The Hall–Kier alpha value is -0.520. The Morgan fingerprint density at radius 3 is 2.80 bits per heavy atom. The maximum atomic E-state index is 13.5. The van der Waals surface area contributed by atoms with Crippen LogP contribution in [0.4, 0.5) is 4.39 Å². The molecule has 1 heterocycles. The number of hydrogen-bond acceptors (Lipinski definition) is 3. The first-order chi connectivity index (χ1) is 7.22. The molecule has 0 fully saturated rings. The maximum Gasteiger partial charge on any atom is 0.151 e. The number of halogens is 3. The van der Waals surface area contributed by atoms with Crippen molar-refractivity contribution in [3.8, 4) is 10.6 Å². The molecule has 15 heavy (non-hydrogen) atoms. The first-order valence-electron chi connectivity index (χ1n) is 4.05. The topological polar surface area (TPSA) is 25.8 Å². The van der Waals surface area contributed by atoms with Gasteiger partial charge in [0.05, 0.1) is 11.4 Å². The van der Waals surface area contributed by atoms with Crippen LogP contribution >= 0.6 is 38.9 Å². The van der Waals surface area contributed by atoms with Crippen molar-refractivity contribution in [3.05, 3.63) is 33.5 Å². The predicted octanol–water partition coefficient (Wildman–Crippen LogP) is 3.85. The summed E-state index contributed by atoms with van der Waals surface area (Å²) in [7, 11) is 0. The lowest BCUT2D eigenvalue weighted by Gasteiger charge is -2.00. The SMILES string of the molecule is Fc1cccc(Br)c1-c1nnc(CCl)s1. The summed E-state index contributed by atoms with van der Waals surface area (Å²) in [5.74, 6) is -0.0225. The second-order valence-corrected chi connectivity index (χ2v) is 4.91. The molecule has 0 aliphatic carbocycles. The van der Waals surface area contributed by atoms with Crippen LogP contribution in [0.1, 0.15) is 5.01 Å². The quantitative estimate of drug-likeness (QED) is 0.788. The molecule has 2 rings (SSSR count). The average molecular weight is 308 g/mol. The first-order valence-corrected chi connectivity index (χ1v) is 6.19. The zero-order valence-corrected chi connectivity index (χ0v) is 10.5. The normalized spacial score (nSPS) is 10.6. The highest BCUT2D eigenvalue weighted by molar-refractivity contribution is 9.10. The van der Waals surface area contributed by atoms with Gasteiger partial charge in [0.25, 0.3) is 0 Å². The van der Waals surface area contributed by atoms with Gasteiger partial charge >= 0.3 is 0 Å². The highest BCUT2D eigenvalue weighted by atomic mass is 79.9. The van der Waals surface area contributed by atoms with Crippen LogP contribution in [0.15, 0.2) is 22.7 Å². The zero-order valence-electron chi connectivity index (χ0n) is 7.38. The van der Waals surface area contributed by atoms with Crippen LogP contribution in [0, 0.1) is 5.82 Å². The molecule has 78 valence electrons. The summed E-state index contributed by atoms with van der Waals surface area (Å²) >= 11 is 10.2. The van der Waals surface area contributed by atoms with Gasteiger partial charge in [-0.2, -0.15) is 0 Å². The molecule has 0 aliphatic heterocycles. The minimum absolute atomic E-state index is 0.295. The molecule has 0 spiro atoms. The fourth-order valence-electron chi connectivity index (χ4n) is 1.11. The van der Waals surface area contributed by atoms with Gasteiger partial charge in [-0.3, -0.25) is 0 Å². The van der Waals surface area contributed by atoms with Gasteiger partial charge in [-0.15, -0.1) is 21.8 Å². The minimum atomic E-state index is -0.318. The van der Waals surface area contributed by atoms with E-state index in [-0.39, 0.29) is 5.82 Å². The summed E-state index contributed by atoms with van der Waals surface area (Å²) in [5.41, 5.74) is 0.436. The third-order valence-electron chi connectivity index (χ3n) is 1.76. The van der Waals surface area contributed by atoms with Crippen LogP contribution < -0.4 is 0 Å². The lowest BCUT2D eigenvalue weighted by Crippen LogP contribution is -1.84. The fraction of sp³-hybridized carbons (Fsp3) is 0.111. The van der Waals surface area contributed by atoms with Gasteiger partial charge in [-0.1, -0.05) is 17.4 Å². The number of benzene rings is 1. The zero-order chi connectivity index (χ0) is 10.8. The number of rotatable bonds is 2. The Morgan fingerprint density at radius 1 is 1.40 bits per heavy atom. The van der Waals surface area contributed by atoms with Crippen LogP contribution in [0.5, 0.6) is 0 Å². The number of nitrogens with zero attached hydrogens (tertiary/aromatic N) is 2. The Kier molecular flexibility index (Phi) is 3.33. The fourth-order valence-corrected chi connectivity index (χ4v) is 2.74. The summed E-state index contributed by atoms with van der Waals surface area (Å²) in [6.07, 6.45) is 0. The molecule has 6 heteroatoms. The molecule has 1 aromatic carbocycles. The van der Waals surface area contributed by atoms with Crippen molar-refractivity contribution < 1.29 is 4.39 Å². The van der Waals surface area contributed by atoms with E-state index in [1.54, 1.807) is 12.1 Å². The van der Waals surface area contributed by atoms with Gasteiger partial charge in [0.1, 0.15) is 10.8 Å². The molecule has 0 aliphatic rings. The smallest absolute Gasteiger partial charge is 0.151 e. The van der Waals surface area contributed by atoms with E-state index < -0.39 is 0 Å². The molecule has 0 unspecified atom stereocenters. The highest BCUT2D eigenvalue weighted by Crippen LogP contribution is 2.32. The van der Waals surface area contributed by atoms with Crippen molar-refractivity contribution in [3.63, 3.8) is 0 Å². The molecule has 0 amide bonds. The summed E-state index contributed by atoms with van der Waals surface area (Å²) < 4.78 is 14.2. The summed E-state index contributed by atoms with van der Waals surface area (Å²) in [5, 5.41) is 8.96. The van der Waals surface area contributed by atoms with E-state index >= 15 is 0 Å². The van der Waals surface area contributed by atoms with Crippen LogP contribution in [-0.4, -0.2) is 10.2 Å². The van der Waals surface area contributed by atoms with Crippen LogP contribution in [0.2, 0.25) is 0 Å². The average Bonchev–Trinajstić information content (AvgIpc) is 2.66. The number of hydrogen-bond donors (Lipinski definition) is 0. The van der Waals surface area contributed by atoms with Crippen LogP contribution in [0.3, 0.4) is 0 Å². The highest BCUT2D eigenvalue weighted by Gasteiger charge is 2.13. The molecule has 0 N–H and O–H groups in total. The number of alkyl halides is 1. The van der Waals surface area contributed by atoms with E-state index in [4.69, 9.17) is 11.6 Å². The van der Waals surface area contributed by atoms with Crippen LogP contribution in [-0.2, 0) is 5.88 Å². The predicted molar refractivity (Wildman–Crippen MR) is 62.6 cm³/mol. The Bertz CT molecular complexity index is 468. The van der Waals surface area contributed by atoms with E-state index in [1.807, 2.05) is 0 Å². The second-order valence-electron chi connectivity index (χ2n) is 2.73. The standard InChI is InChI=1S/C9H5BrClFN2S/c10-5-2-1-3-6(12)8(5)9-14-13-7(4-11)15-9/h1-3H,4H2. The van der Waals surface area contributed by atoms with Gasteiger partial charge in [-0.25, -0.2) is 4.39 Å². The molecular weight excluding hydrogens is 303 g/mol. The van der Waals surface area contributed by atoms with Crippen molar-refractivity contribution in [2.75, 3.05) is 0 Å². The van der Waals surface area contributed by atoms with E-state index in [1.165, 1.54) is 17.4 Å². The molecule has 1 aromatic heterocycles. The third-order valence-corrected chi connectivity index (χ3v) is 3.77. The van der Waals surface area contributed by atoms with Crippen LogP contribution in [0.25, 0.3) is 10.6 Å². The molecular formula is C9H5BrClFN2S. The van der Waals surface area contributed by atoms with Crippen molar-refractivity contribution >= 4 is 38.9 Å². The molecule has 0 atom stereocenters. The molecule has 0 saturated carbocycles. The Morgan fingerprint density at radius 2 is 2.20 bits per heavy atom. The summed E-state index contributed by atoms with van der Waals surface area (Å²) in [4.78, 5) is 0. The van der Waals surface area contributed by atoms with Gasteiger partial charge in [0.2, 0.25) is 0 Å². The maximum absolute atomic E-state index is 13.5. The summed E-state index contributed by atoms with van der Waals surface area (Å²) in [6, 6.07) is 4.79. The Balaban J connectivity index is 2.53. The molecule has 2 aromatic rings. The van der Waals surface area contributed by atoms with Gasteiger partial charge in [0, 0.05) is 4.47 Å². The van der Waals surface area contributed by atoms with Crippen molar-refractivity contribution in [2.24, 2.45) is 0 Å². The van der Waals surface area contributed by atoms with Gasteiger partial charge < -0.3 is 0 Å². The molecule has 2 nitrogen and oxygen atoms in total. The lowest BCUT2D eigenvalue weighted by molar-refractivity contribution is 0.630. The van der Waals surface area contributed by atoms with Crippen molar-refractivity contribution in [1.82, 2.24) is 10.2 Å². The number of aromatic nitrogens is 2. The minimum Gasteiger partial charge on any atom is -0.206 e. The van der Waals surface area contributed by atoms with Crippen molar-refractivity contribution in [2.45, 2.75) is 5.88 Å². The molecule has 0 saturated heterocycles. The third kappa shape index (κ3) is 2.19. The van der Waals surface area contributed by atoms with Gasteiger partial charge in [-0.05, 0) is 28.1 Å². The van der Waals surface area contributed by atoms with E-state index in [2.05, 4.69) is 26.1 Å². The van der Waals surface area contributed by atoms with E-state index in [9.17, 15) is 4.39 Å². The van der Waals surface area contributed by atoms with E-state index in [0.29, 0.717) is 25.9 Å². The summed E-state index contributed by atoms with van der Waals surface area (Å²) in [6.45, 7) is 0.